The van der Waals surface area contributed by atoms with Crippen LogP contribution >= 0.6 is 39.1 Å². The predicted octanol–water partition coefficient (Wildman–Crippen LogP) is 6.04. The lowest BCUT2D eigenvalue weighted by molar-refractivity contribution is -0.137. The minimum Gasteiger partial charge on any atom is -0.336 e. The molecule has 0 unspecified atom stereocenters. The highest BCUT2D eigenvalue weighted by Gasteiger charge is 2.39. The smallest absolute Gasteiger partial charge is 0.233 e. The van der Waals surface area contributed by atoms with Crippen molar-refractivity contribution in [1.82, 2.24) is 9.80 Å². The van der Waals surface area contributed by atoms with Crippen molar-refractivity contribution in [2.45, 2.75) is 32.9 Å². The molecule has 1 saturated heterocycles. The van der Waals surface area contributed by atoms with Gasteiger partial charge in [-0.05, 0) is 40.8 Å². The highest BCUT2D eigenvalue weighted by Crippen LogP contribution is 2.35. The number of carbonyl (C=O) groups is 1. The van der Waals surface area contributed by atoms with Crippen LogP contribution in [-0.2, 0) is 4.79 Å². The Balaban J connectivity index is 1.98. The molecule has 2 aromatic rings. The van der Waals surface area contributed by atoms with E-state index in [9.17, 15) is 4.79 Å². The fraction of sp³-hybridized carbons (Fsp3) is 0.435. The van der Waals surface area contributed by atoms with Gasteiger partial charge in [0.1, 0.15) is 0 Å². The Kier molecular flexibility index (Phi) is 7.32. The van der Waals surface area contributed by atoms with E-state index < -0.39 is 0 Å². The number of alkyl halides is 1. The van der Waals surface area contributed by atoms with E-state index in [-0.39, 0.29) is 23.4 Å². The van der Waals surface area contributed by atoms with Gasteiger partial charge in [0.05, 0.1) is 11.4 Å². The first-order valence-corrected chi connectivity index (χ1v) is 11.7. The van der Waals surface area contributed by atoms with Crippen molar-refractivity contribution in [1.29, 1.82) is 0 Å². The number of halogens is 3. The summed E-state index contributed by atoms with van der Waals surface area (Å²) in [5, 5.41) is 1.81. The predicted molar refractivity (Wildman–Crippen MR) is 125 cm³/mol. The van der Waals surface area contributed by atoms with E-state index in [4.69, 9.17) is 23.2 Å². The largest absolute Gasteiger partial charge is 0.336 e. The zero-order valence-corrected chi connectivity index (χ0v) is 20.1. The van der Waals surface area contributed by atoms with Gasteiger partial charge in [-0.25, -0.2) is 0 Å². The molecule has 1 amide bonds. The van der Waals surface area contributed by atoms with Gasteiger partial charge in [0.15, 0.2) is 0 Å². The molecule has 1 fully saturated rings. The van der Waals surface area contributed by atoms with Crippen LogP contribution in [-0.4, -0.2) is 46.7 Å². The summed E-state index contributed by atoms with van der Waals surface area (Å²) in [4.78, 5) is 17.1. The average molecular weight is 498 g/mol. The molecule has 0 saturated carbocycles. The van der Waals surface area contributed by atoms with Crippen LogP contribution in [0, 0.1) is 5.41 Å². The van der Waals surface area contributed by atoms with Gasteiger partial charge >= 0.3 is 0 Å². The molecule has 3 nitrogen and oxygen atoms in total. The minimum atomic E-state index is -0.0267. The van der Waals surface area contributed by atoms with Gasteiger partial charge in [0.25, 0.3) is 0 Å². The molecule has 1 heterocycles. The third-order valence-electron chi connectivity index (χ3n) is 5.58. The lowest BCUT2D eigenvalue weighted by Crippen LogP contribution is -2.60. The zero-order valence-electron chi connectivity index (χ0n) is 17.0. The van der Waals surface area contributed by atoms with Crippen molar-refractivity contribution in [3.05, 3.63) is 69.7 Å². The van der Waals surface area contributed by atoms with E-state index in [0.717, 1.165) is 23.1 Å². The molecule has 6 heteroatoms. The van der Waals surface area contributed by atoms with Gasteiger partial charge in [-0.2, -0.15) is 0 Å². The molecule has 0 radical (unpaired) electrons. The monoisotopic (exact) mass is 496 g/mol. The first-order valence-electron chi connectivity index (χ1n) is 9.81. The summed E-state index contributed by atoms with van der Waals surface area (Å²) in [7, 11) is 0. The van der Waals surface area contributed by atoms with Crippen molar-refractivity contribution in [2.24, 2.45) is 5.41 Å². The van der Waals surface area contributed by atoms with Crippen LogP contribution in [0.1, 0.15) is 37.9 Å². The van der Waals surface area contributed by atoms with Crippen molar-refractivity contribution < 1.29 is 4.79 Å². The van der Waals surface area contributed by atoms with Gasteiger partial charge in [0.2, 0.25) is 5.91 Å². The van der Waals surface area contributed by atoms with Crippen LogP contribution in [0.2, 0.25) is 10.0 Å². The lowest BCUT2D eigenvalue weighted by atomic mass is 9.83. The maximum absolute atomic E-state index is 12.5. The molecule has 3 rings (SSSR count). The Hall–Kier alpha value is -1.07. The summed E-state index contributed by atoms with van der Waals surface area (Å²) in [6.45, 7) is 8.93. The maximum Gasteiger partial charge on any atom is 0.233 e. The highest BCUT2D eigenvalue weighted by atomic mass is 79.9. The summed E-state index contributed by atoms with van der Waals surface area (Å²) < 4.78 is 0. The van der Waals surface area contributed by atoms with Crippen molar-refractivity contribution in [2.75, 3.05) is 25.0 Å². The first kappa shape index (κ1) is 22.6. The Bertz CT molecular complexity index is 788. The second kappa shape index (κ2) is 9.38. The van der Waals surface area contributed by atoms with Crippen LogP contribution < -0.4 is 0 Å². The number of benzene rings is 2. The topological polar surface area (TPSA) is 23.6 Å². The fourth-order valence-electron chi connectivity index (χ4n) is 4.06. The zero-order chi connectivity index (χ0) is 21.2. The number of hydrogen-bond acceptors (Lipinski definition) is 2. The molecule has 156 valence electrons. The third-order valence-corrected chi connectivity index (χ3v) is 6.57. The number of rotatable bonds is 4. The highest BCUT2D eigenvalue weighted by molar-refractivity contribution is 9.09. The van der Waals surface area contributed by atoms with Gasteiger partial charge in [0, 0.05) is 35.7 Å². The molecule has 1 aliphatic rings. The van der Waals surface area contributed by atoms with E-state index in [0.29, 0.717) is 11.9 Å². The summed E-state index contributed by atoms with van der Waals surface area (Å²) in [6, 6.07) is 16.3. The van der Waals surface area contributed by atoms with Crippen LogP contribution in [0.25, 0.3) is 0 Å². The maximum atomic E-state index is 12.5. The summed E-state index contributed by atoms with van der Waals surface area (Å²) in [6.07, 6.45) is 0. The van der Waals surface area contributed by atoms with Crippen molar-refractivity contribution >= 4 is 45.0 Å². The summed E-state index contributed by atoms with van der Waals surface area (Å²) in [5.74, 6) is 0.152. The van der Waals surface area contributed by atoms with E-state index in [1.165, 1.54) is 11.1 Å². The van der Waals surface area contributed by atoms with Crippen LogP contribution in [0.15, 0.2) is 48.5 Å². The van der Waals surface area contributed by atoms with Crippen molar-refractivity contribution in [3.8, 4) is 0 Å². The van der Waals surface area contributed by atoms with Crippen LogP contribution in [0.5, 0.6) is 0 Å². The molecule has 29 heavy (non-hydrogen) atoms. The molecule has 1 atom stereocenters. The van der Waals surface area contributed by atoms with Gasteiger partial charge in [-0.1, -0.05) is 84.2 Å². The average Bonchev–Trinajstić information content (AvgIpc) is 2.69. The van der Waals surface area contributed by atoms with Gasteiger partial charge in [-0.15, -0.1) is 0 Å². The third kappa shape index (κ3) is 5.35. The molecule has 0 spiro atoms. The second-order valence-corrected chi connectivity index (χ2v) is 10.0. The summed E-state index contributed by atoms with van der Waals surface area (Å²) in [5.41, 5.74) is 2.34. The molecule has 0 aromatic heterocycles. The number of amides is 1. The Morgan fingerprint density at radius 2 is 1.48 bits per heavy atom. The van der Waals surface area contributed by atoms with Crippen molar-refractivity contribution in [3.63, 3.8) is 0 Å². The number of hydrogen-bond donors (Lipinski definition) is 0. The van der Waals surface area contributed by atoms with Gasteiger partial charge < -0.3 is 4.90 Å². The van der Waals surface area contributed by atoms with E-state index >= 15 is 0 Å². The normalized spacial score (nSPS) is 18.3. The quantitative estimate of drug-likeness (QED) is 0.481. The SMILES string of the molecule is CC(C)(C)[C@H]1CN(C(c2ccc(Cl)cc2)c2ccc(Cl)cc2)CCN1C(=O)CBr. The molecular weight excluding hydrogens is 471 g/mol. The van der Waals surface area contributed by atoms with Gasteiger partial charge in [-0.3, -0.25) is 9.69 Å². The Morgan fingerprint density at radius 3 is 1.90 bits per heavy atom. The second-order valence-electron chi connectivity index (χ2n) is 8.60. The first-order chi connectivity index (χ1) is 13.7. The lowest BCUT2D eigenvalue weighted by Gasteiger charge is -2.49. The van der Waals surface area contributed by atoms with E-state index in [2.05, 4.69) is 65.9 Å². The van der Waals surface area contributed by atoms with E-state index in [1.807, 2.05) is 29.2 Å². The summed E-state index contributed by atoms with van der Waals surface area (Å²) >= 11 is 15.6. The van der Waals surface area contributed by atoms with Crippen LogP contribution in [0.3, 0.4) is 0 Å². The number of carbonyl (C=O) groups excluding carboxylic acids is 1. The number of piperazine rings is 1. The molecule has 0 aliphatic carbocycles. The molecule has 1 aliphatic heterocycles. The Morgan fingerprint density at radius 1 is 1.00 bits per heavy atom. The Labute approximate surface area is 192 Å². The molecule has 2 aromatic carbocycles. The van der Waals surface area contributed by atoms with Crippen LogP contribution in [0.4, 0.5) is 0 Å². The number of nitrogens with zero attached hydrogens (tertiary/aromatic N) is 2. The fourth-order valence-corrected chi connectivity index (χ4v) is 4.63. The van der Waals surface area contributed by atoms with E-state index in [1.54, 1.807) is 0 Å². The molecule has 0 N–H and O–H groups in total. The standard InChI is InChI=1S/C23H27BrCl2N2O/c1-23(2,3)20-15-27(12-13-28(20)21(29)14-24)22(16-4-8-18(25)9-5-16)17-6-10-19(26)11-7-17/h4-11,20,22H,12-15H2,1-3H3/t20-/m1/s1. The molecular formula is C23H27BrCl2N2O. The minimum absolute atomic E-state index is 0.0267. The molecule has 0 bridgehead atoms.